The molecule has 0 bridgehead atoms. The normalized spacial score (nSPS) is 10.2. The molecule has 0 saturated carbocycles. The molecule has 0 aromatic heterocycles. The highest BCUT2D eigenvalue weighted by Crippen LogP contribution is 2.19. The van der Waals surface area contributed by atoms with Gasteiger partial charge in [-0.2, -0.15) is 0 Å². The third-order valence-electron chi connectivity index (χ3n) is 3.33. The van der Waals surface area contributed by atoms with Gasteiger partial charge in [0.2, 0.25) is 0 Å². The number of halogens is 1. The van der Waals surface area contributed by atoms with E-state index in [1.165, 1.54) is 0 Å². The van der Waals surface area contributed by atoms with Crippen LogP contribution in [0.2, 0.25) is 5.02 Å². The maximum absolute atomic E-state index is 11.9. The van der Waals surface area contributed by atoms with Crippen molar-refractivity contribution in [2.45, 2.75) is 20.3 Å². The molecule has 1 N–H and O–H groups in total. The van der Waals surface area contributed by atoms with Gasteiger partial charge in [-0.25, -0.2) is 0 Å². The summed E-state index contributed by atoms with van der Waals surface area (Å²) in [5.74, 6) is 0.359. The number of hydrogen-bond donors (Lipinski definition) is 1. The molecule has 0 aliphatic rings. The number of anilines is 1. The average Bonchev–Trinajstić information content (AvgIpc) is 2.55. The van der Waals surface area contributed by atoms with E-state index in [9.17, 15) is 9.59 Å². The van der Waals surface area contributed by atoms with Crippen LogP contribution in [0.25, 0.3) is 0 Å². The summed E-state index contributed by atoms with van der Waals surface area (Å²) in [6.45, 7) is 3.57. The summed E-state index contributed by atoms with van der Waals surface area (Å²) in [6, 6.07) is 12.0. The number of carbonyl (C=O) groups is 2. The van der Waals surface area contributed by atoms with Crippen LogP contribution in [0.15, 0.2) is 42.5 Å². The Labute approximate surface area is 140 Å². The first-order valence-corrected chi connectivity index (χ1v) is 7.69. The van der Waals surface area contributed by atoms with Crippen LogP contribution in [0.4, 0.5) is 5.69 Å². The van der Waals surface area contributed by atoms with Crippen molar-refractivity contribution in [3.8, 4) is 5.75 Å². The number of amides is 1. The van der Waals surface area contributed by atoms with E-state index in [1.807, 2.05) is 13.8 Å². The lowest BCUT2D eigenvalue weighted by molar-refractivity contribution is -0.118. The van der Waals surface area contributed by atoms with E-state index in [1.54, 1.807) is 42.5 Å². The molecule has 2 rings (SSSR count). The summed E-state index contributed by atoms with van der Waals surface area (Å²) >= 11 is 5.88. The Hall–Kier alpha value is -2.33. The topological polar surface area (TPSA) is 55.4 Å². The smallest absolute Gasteiger partial charge is 0.262 e. The van der Waals surface area contributed by atoms with Crippen LogP contribution in [-0.4, -0.2) is 18.3 Å². The van der Waals surface area contributed by atoms with E-state index in [0.29, 0.717) is 28.4 Å². The van der Waals surface area contributed by atoms with Gasteiger partial charge in [0.1, 0.15) is 5.75 Å². The van der Waals surface area contributed by atoms with Crippen LogP contribution in [0.3, 0.4) is 0 Å². The van der Waals surface area contributed by atoms with E-state index in [0.717, 1.165) is 5.56 Å². The Morgan fingerprint density at radius 2 is 1.83 bits per heavy atom. The largest absolute Gasteiger partial charge is 0.484 e. The number of aryl methyl sites for hydroxylation is 1. The van der Waals surface area contributed by atoms with E-state index < -0.39 is 0 Å². The van der Waals surface area contributed by atoms with E-state index in [2.05, 4.69) is 5.32 Å². The second-order valence-electron chi connectivity index (χ2n) is 5.10. The van der Waals surface area contributed by atoms with Crippen LogP contribution < -0.4 is 10.1 Å². The van der Waals surface area contributed by atoms with Crippen LogP contribution in [0, 0.1) is 6.92 Å². The number of rotatable bonds is 6. The number of benzene rings is 2. The Morgan fingerprint density at radius 3 is 2.43 bits per heavy atom. The Kier molecular flexibility index (Phi) is 5.77. The van der Waals surface area contributed by atoms with E-state index in [-0.39, 0.29) is 18.3 Å². The monoisotopic (exact) mass is 331 g/mol. The zero-order chi connectivity index (χ0) is 16.8. The molecule has 0 fully saturated rings. The zero-order valence-electron chi connectivity index (χ0n) is 13.1. The highest BCUT2D eigenvalue weighted by molar-refractivity contribution is 6.30. The summed E-state index contributed by atoms with van der Waals surface area (Å²) in [7, 11) is 0. The minimum Gasteiger partial charge on any atom is -0.484 e. The average molecular weight is 332 g/mol. The molecular weight excluding hydrogens is 314 g/mol. The summed E-state index contributed by atoms with van der Waals surface area (Å²) < 4.78 is 5.42. The van der Waals surface area contributed by atoms with Crippen molar-refractivity contribution in [3.05, 3.63) is 58.6 Å². The predicted octanol–water partition coefficient (Wildman–Crippen LogP) is 4.26. The summed E-state index contributed by atoms with van der Waals surface area (Å²) in [5, 5.41) is 3.39. The molecule has 2 aromatic rings. The van der Waals surface area contributed by atoms with Crippen LogP contribution in [0.5, 0.6) is 5.75 Å². The van der Waals surface area contributed by atoms with Gasteiger partial charge in [-0.3, -0.25) is 9.59 Å². The van der Waals surface area contributed by atoms with Crippen molar-refractivity contribution >= 4 is 29.0 Å². The van der Waals surface area contributed by atoms with Gasteiger partial charge in [0.15, 0.2) is 12.4 Å². The molecular formula is C18H18ClNO3. The summed E-state index contributed by atoms with van der Waals surface area (Å²) in [6.07, 6.45) is 0.461. The van der Waals surface area contributed by atoms with Gasteiger partial charge in [0.25, 0.3) is 5.91 Å². The molecule has 2 aromatic carbocycles. The quantitative estimate of drug-likeness (QED) is 0.805. The lowest BCUT2D eigenvalue weighted by Crippen LogP contribution is -2.20. The minimum absolute atomic E-state index is 0.0764. The number of ketones is 1. The fourth-order valence-electron chi connectivity index (χ4n) is 2.04. The standard InChI is InChI=1S/C18H18ClNO3/c1-3-17(21)13-4-7-15(8-5-13)23-11-18(22)20-16-9-6-14(19)10-12(16)2/h4-10H,3,11H2,1-2H3,(H,20,22). The Morgan fingerprint density at radius 1 is 1.13 bits per heavy atom. The molecule has 0 spiro atoms. The number of nitrogens with one attached hydrogen (secondary N) is 1. The lowest BCUT2D eigenvalue weighted by atomic mass is 10.1. The molecule has 0 aliphatic carbocycles. The predicted molar refractivity (Wildman–Crippen MR) is 91.4 cm³/mol. The number of ether oxygens (including phenoxy) is 1. The SMILES string of the molecule is CCC(=O)c1ccc(OCC(=O)Nc2ccc(Cl)cc2C)cc1. The molecule has 23 heavy (non-hydrogen) atoms. The molecule has 0 saturated heterocycles. The maximum atomic E-state index is 11.9. The summed E-state index contributed by atoms with van der Waals surface area (Å²) in [5.41, 5.74) is 2.22. The van der Waals surface area contributed by atoms with Crippen LogP contribution in [0.1, 0.15) is 29.3 Å². The fourth-order valence-corrected chi connectivity index (χ4v) is 2.27. The second-order valence-corrected chi connectivity index (χ2v) is 5.53. The van der Waals surface area contributed by atoms with Crippen molar-refractivity contribution in [2.24, 2.45) is 0 Å². The van der Waals surface area contributed by atoms with Crippen molar-refractivity contribution in [2.75, 3.05) is 11.9 Å². The van der Waals surface area contributed by atoms with Crippen molar-refractivity contribution in [1.29, 1.82) is 0 Å². The highest BCUT2D eigenvalue weighted by Gasteiger charge is 2.07. The molecule has 4 nitrogen and oxygen atoms in total. The molecule has 0 aliphatic heterocycles. The fraction of sp³-hybridized carbons (Fsp3) is 0.222. The molecule has 0 radical (unpaired) electrons. The van der Waals surface area contributed by atoms with Gasteiger partial charge in [-0.05, 0) is 55.0 Å². The molecule has 1 amide bonds. The van der Waals surface area contributed by atoms with Gasteiger partial charge in [-0.1, -0.05) is 18.5 Å². The van der Waals surface area contributed by atoms with E-state index in [4.69, 9.17) is 16.3 Å². The molecule has 0 unspecified atom stereocenters. The third kappa shape index (κ3) is 4.83. The molecule has 5 heteroatoms. The minimum atomic E-state index is -0.260. The first-order valence-electron chi connectivity index (χ1n) is 7.31. The van der Waals surface area contributed by atoms with Gasteiger partial charge < -0.3 is 10.1 Å². The van der Waals surface area contributed by atoms with E-state index >= 15 is 0 Å². The first-order chi connectivity index (χ1) is 11.0. The number of hydrogen-bond acceptors (Lipinski definition) is 3. The maximum Gasteiger partial charge on any atom is 0.262 e. The van der Waals surface area contributed by atoms with Crippen molar-refractivity contribution < 1.29 is 14.3 Å². The van der Waals surface area contributed by atoms with Gasteiger partial charge in [0, 0.05) is 22.7 Å². The van der Waals surface area contributed by atoms with Crippen molar-refractivity contribution in [3.63, 3.8) is 0 Å². The van der Waals surface area contributed by atoms with Crippen molar-refractivity contribution in [1.82, 2.24) is 0 Å². The molecule has 0 atom stereocenters. The number of carbonyl (C=O) groups excluding carboxylic acids is 2. The first kappa shape index (κ1) is 17.0. The van der Waals surface area contributed by atoms with Gasteiger partial charge >= 0.3 is 0 Å². The number of Topliss-reactive ketones (excluding diaryl/α,β-unsaturated/α-hetero) is 1. The van der Waals surface area contributed by atoms with Gasteiger partial charge in [0.05, 0.1) is 0 Å². The Balaban J connectivity index is 1.90. The second kappa shape index (κ2) is 7.79. The van der Waals surface area contributed by atoms with Crippen LogP contribution in [-0.2, 0) is 4.79 Å². The van der Waals surface area contributed by atoms with Gasteiger partial charge in [-0.15, -0.1) is 0 Å². The zero-order valence-corrected chi connectivity index (χ0v) is 13.8. The molecule has 0 heterocycles. The highest BCUT2D eigenvalue weighted by atomic mass is 35.5. The Bertz CT molecular complexity index is 711. The van der Waals surface area contributed by atoms with Crippen LogP contribution >= 0.6 is 11.6 Å². The lowest BCUT2D eigenvalue weighted by Gasteiger charge is -2.10. The molecule has 120 valence electrons. The summed E-state index contributed by atoms with van der Waals surface area (Å²) in [4.78, 5) is 23.5. The third-order valence-corrected chi connectivity index (χ3v) is 3.56.